The standard InChI is InChI=1S/C34H44N6O5S/c1-34(2,3)45-33(41)39-24-10-11-25(39)16-26(15-24)37(4)32-17-28-30(46-32)19-36-40(28)27-12-9-22(14-29(27)44-21-42-5)23-18-35-38(20-23)31-8-6-7-13-43-31/h9,12,14,17-20,24-26,31H,6-8,10-11,13,15-16,21H2,1-5H3/t24-,25+,26?,31?. The van der Waals surface area contributed by atoms with E-state index < -0.39 is 5.60 Å². The molecular formula is C34H44N6O5S. The van der Waals surface area contributed by atoms with Crippen LogP contribution in [-0.4, -0.2) is 81.8 Å². The molecule has 4 atom stereocenters. The van der Waals surface area contributed by atoms with Crippen molar-refractivity contribution in [1.82, 2.24) is 24.5 Å². The van der Waals surface area contributed by atoms with E-state index >= 15 is 0 Å². The van der Waals surface area contributed by atoms with E-state index in [4.69, 9.17) is 24.0 Å². The van der Waals surface area contributed by atoms with Gasteiger partial charge in [0.1, 0.15) is 23.3 Å². The molecule has 3 aromatic heterocycles. The van der Waals surface area contributed by atoms with E-state index in [-0.39, 0.29) is 31.2 Å². The maximum absolute atomic E-state index is 13.0. The van der Waals surface area contributed by atoms with Crippen molar-refractivity contribution in [2.24, 2.45) is 0 Å². The highest BCUT2D eigenvalue weighted by atomic mass is 32.1. The molecule has 3 saturated heterocycles. The summed E-state index contributed by atoms with van der Waals surface area (Å²) in [5.74, 6) is 0.679. The number of amides is 1. The molecule has 7 rings (SSSR count). The average molecular weight is 649 g/mol. The zero-order chi connectivity index (χ0) is 32.0. The van der Waals surface area contributed by atoms with Crippen LogP contribution in [0.5, 0.6) is 5.75 Å². The summed E-state index contributed by atoms with van der Waals surface area (Å²) >= 11 is 1.74. The molecule has 46 heavy (non-hydrogen) atoms. The van der Waals surface area contributed by atoms with Crippen molar-refractivity contribution in [3.8, 4) is 22.6 Å². The fraction of sp³-hybridized carbons (Fsp3) is 0.559. The number of carbonyl (C=O) groups is 1. The highest BCUT2D eigenvalue weighted by molar-refractivity contribution is 7.22. The van der Waals surface area contributed by atoms with Crippen LogP contribution in [0.2, 0.25) is 0 Å². The topological polar surface area (TPSA) is 96.1 Å². The maximum Gasteiger partial charge on any atom is 0.410 e. The maximum atomic E-state index is 13.0. The Morgan fingerprint density at radius 1 is 1.07 bits per heavy atom. The molecule has 0 N–H and O–H groups in total. The molecule has 2 unspecified atom stereocenters. The zero-order valence-electron chi connectivity index (χ0n) is 27.3. The second kappa shape index (κ2) is 12.5. The van der Waals surface area contributed by atoms with Crippen molar-refractivity contribution >= 4 is 32.6 Å². The minimum atomic E-state index is -0.489. The summed E-state index contributed by atoms with van der Waals surface area (Å²) in [6.07, 6.45) is 12.8. The van der Waals surface area contributed by atoms with E-state index in [9.17, 15) is 4.79 Å². The van der Waals surface area contributed by atoms with Crippen LogP contribution in [0.4, 0.5) is 9.80 Å². The molecule has 0 spiro atoms. The summed E-state index contributed by atoms with van der Waals surface area (Å²) in [4.78, 5) is 17.4. The van der Waals surface area contributed by atoms with Gasteiger partial charge in [-0.1, -0.05) is 6.07 Å². The Hall–Kier alpha value is -3.61. The van der Waals surface area contributed by atoms with Gasteiger partial charge in [0.25, 0.3) is 0 Å². The molecule has 12 heteroatoms. The van der Waals surface area contributed by atoms with Crippen LogP contribution in [0.1, 0.15) is 71.9 Å². The van der Waals surface area contributed by atoms with Gasteiger partial charge in [0.15, 0.2) is 6.79 Å². The number of anilines is 1. The highest BCUT2D eigenvalue weighted by Gasteiger charge is 2.46. The summed E-state index contributed by atoms with van der Waals surface area (Å²) in [5.41, 5.74) is 3.38. The lowest BCUT2D eigenvalue weighted by Gasteiger charge is -2.42. The van der Waals surface area contributed by atoms with Crippen LogP contribution in [0.25, 0.3) is 27.0 Å². The third-order valence-corrected chi connectivity index (χ3v) is 10.5. The van der Waals surface area contributed by atoms with E-state index in [1.165, 1.54) is 5.00 Å². The normalized spacial score (nSPS) is 23.2. The monoisotopic (exact) mass is 648 g/mol. The number of thiophene rings is 1. The molecule has 4 aromatic rings. The largest absolute Gasteiger partial charge is 0.465 e. The predicted molar refractivity (Wildman–Crippen MR) is 178 cm³/mol. The molecule has 0 saturated carbocycles. The number of ether oxygens (including phenoxy) is 4. The van der Waals surface area contributed by atoms with Gasteiger partial charge in [-0.05, 0) is 89.5 Å². The summed E-state index contributed by atoms with van der Waals surface area (Å²) in [5, 5.41) is 10.5. The molecule has 2 bridgehead atoms. The number of fused-ring (bicyclic) bond motifs is 3. The molecule has 11 nitrogen and oxygen atoms in total. The third kappa shape index (κ3) is 6.10. The van der Waals surface area contributed by atoms with Crippen LogP contribution in [0, 0.1) is 0 Å². The van der Waals surface area contributed by atoms with Gasteiger partial charge in [-0.2, -0.15) is 10.2 Å². The predicted octanol–water partition coefficient (Wildman–Crippen LogP) is 7.00. The first-order chi connectivity index (χ1) is 22.2. The number of aromatic nitrogens is 4. The summed E-state index contributed by atoms with van der Waals surface area (Å²) in [6.45, 7) is 6.69. The van der Waals surface area contributed by atoms with E-state index in [0.717, 1.165) is 78.6 Å². The quantitative estimate of drug-likeness (QED) is 0.189. The second-order valence-electron chi connectivity index (χ2n) is 13.7. The van der Waals surface area contributed by atoms with Gasteiger partial charge in [0.05, 0.1) is 27.6 Å². The smallest absolute Gasteiger partial charge is 0.410 e. The lowest BCUT2D eigenvalue weighted by atomic mass is 9.96. The molecule has 3 aliphatic heterocycles. The van der Waals surface area contributed by atoms with Crippen molar-refractivity contribution in [3.63, 3.8) is 0 Å². The molecular weight excluding hydrogens is 604 g/mol. The second-order valence-corrected chi connectivity index (χ2v) is 14.7. The molecule has 1 amide bonds. The fourth-order valence-corrected chi connectivity index (χ4v) is 8.16. The zero-order valence-corrected chi connectivity index (χ0v) is 28.2. The van der Waals surface area contributed by atoms with Crippen LogP contribution in [0.15, 0.2) is 42.9 Å². The Morgan fingerprint density at radius 3 is 2.59 bits per heavy atom. The number of benzene rings is 1. The van der Waals surface area contributed by atoms with Crippen LogP contribution >= 0.6 is 11.3 Å². The van der Waals surface area contributed by atoms with Gasteiger partial charge >= 0.3 is 6.09 Å². The van der Waals surface area contributed by atoms with Crippen molar-refractivity contribution < 1.29 is 23.7 Å². The summed E-state index contributed by atoms with van der Waals surface area (Å²) in [6, 6.07) is 9.15. The van der Waals surface area contributed by atoms with Crippen LogP contribution < -0.4 is 9.64 Å². The average Bonchev–Trinajstić information content (AvgIpc) is 3.82. The number of carbonyl (C=O) groups excluding carboxylic acids is 1. The van der Waals surface area contributed by atoms with Gasteiger partial charge in [-0.25, -0.2) is 14.2 Å². The Labute approximate surface area is 273 Å². The fourth-order valence-electron chi connectivity index (χ4n) is 7.12. The molecule has 3 aliphatic rings. The van der Waals surface area contributed by atoms with Gasteiger partial charge < -0.3 is 28.7 Å². The van der Waals surface area contributed by atoms with E-state index in [0.29, 0.717) is 11.8 Å². The first-order valence-corrected chi connectivity index (χ1v) is 17.1. The number of nitrogens with zero attached hydrogens (tertiary/aromatic N) is 6. The minimum Gasteiger partial charge on any atom is -0.465 e. The Morgan fingerprint density at radius 2 is 1.87 bits per heavy atom. The Bertz CT molecular complexity index is 1670. The van der Waals surface area contributed by atoms with Crippen molar-refractivity contribution in [3.05, 3.63) is 42.9 Å². The highest BCUT2D eigenvalue weighted by Crippen LogP contribution is 2.42. The van der Waals surface area contributed by atoms with Crippen molar-refractivity contribution in [2.75, 3.05) is 32.5 Å². The van der Waals surface area contributed by atoms with Gasteiger partial charge in [-0.15, -0.1) is 11.3 Å². The van der Waals surface area contributed by atoms with Crippen LogP contribution in [0.3, 0.4) is 0 Å². The summed E-state index contributed by atoms with van der Waals surface area (Å²) < 4.78 is 28.0. The van der Waals surface area contributed by atoms with Crippen molar-refractivity contribution in [1.29, 1.82) is 0 Å². The Kier molecular flexibility index (Phi) is 8.45. The minimum absolute atomic E-state index is 0.0121. The Balaban J connectivity index is 1.12. The number of hydrogen-bond acceptors (Lipinski definition) is 9. The molecule has 246 valence electrons. The molecule has 0 radical (unpaired) electrons. The number of piperidine rings is 1. The lowest BCUT2D eigenvalue weighted by molar-refractivity contribution is -0.0394. The molecule has 3 fully saturated rings. The van der Waals surface area contributed by atoms with Gasteiger partial charge in [0, 0.05) is 50.7 Å². The third-order valence-electron chi connectivity index (χ3n) is 9.36. The first kappa shape index (κ1) is 31.0. The van der Waals surface area contributed by atoms with Gasteiger partial charge in [-0.3, -0.25) is 0 Å². The van der Waals surface area contributed by atoms with E-state index in [1.54, 1.807) is 18.4 Å². The first-order valence-electron chi connectivity index (χ1n) is 16.3. The van der Waals surface area contributed by atoms with Gasteiger partial charge in [0.2, 0.25) is 0 Å². The number of hydrogen-bond donors (Lipinski definition) is 0. The number of methoxy groups -OCH3 is 1. The molecule has 0 aliphatic carbocycles. The van der Waals surface area contributed by atoms with Crippen molar-refractivity contribution in [2.45, 2.75) is 95.7 Å². The van der Waals surface area contributed by atoms with E-state index in [1.807, 2.05) is 65.8 Å². The van der Waals surface area contributed by atoms with E-state index in [2.05, 4.69) is 29.2 Å². The molecule has 6 heterocycles. The van der Waals surface area contributed by atoms with Crippen LogP contribution in [-0.2, 0) is 14.2 Å². The molecule has 1 aromatic carbocycles. The SMILES string of the molecule is COCOc1cc(-c2cnn(C3CCCCO3)c2)ccc1-n1ncc2sc(N(C)C3C[C@H]4CC[C@@H](C3)N4C(=O)OC(C)(C)C)cc21. The number of rotatable bonds is 8. The summed E-state index contributed by atoms with van der Waals surface area (Å²) in [7, 11) is 3.80. The lowest BCUT2D eigenvalue weighted by Crippen LogP contribution is -2.53.